The van der Waals surface area contributed by atoms with Crippen molar-refractivity contribution in [1.82, 2.24) is 0 Å². The van der Waals surface area contributed by atoms with E-state index in [2.05, 4.69) is 0 Å². The van der Waals surface area contributed by atoms with Crippen molar-refractivity contribution in [2.75, 3.05) is 13.2 Å². The normalized spacial score (nSPS) is 30.6. The zero-order chi connectivity index (χ0) is 19.7. The van der Waals surface area contributed by atoms with E-state index in [0.717, 1.165) is 11.1 Å². The molecule has 2 aliphatic heterocycles. The van der Waals surface area contributed by atoms with Gasteiger partial charge >= 0.3 is 0 Å². The third kappa shape index (κ3) is 3.98. The summed E-state index contributed by atoms with van der Waals surface area (Å²) in [5.41, 5.74) is 1.74. The molecule has 1 N–H and O–H groups in total. The van der Waals surface area contributed by atoms with Gasteiger partial charge in [0.05, 0.1) is 18.1 Å². The number of aliphatic hydroxyl groups is 1. The molecule has 0 aromatic heterocycles. The van der Waals surface area contributed by atoms with Crippen LogP contribution >= 0.6 is 0 Å². The lowest BCUT2D eigenvalue weighted by molar-refractivity contribution is -0.311. The number of ether oxygens (including phenoxy) is 3. The van der Waals surface area contributed by atoms with Gasteiger partial charge in [-0.05, 0) is 19.1 Å². The van der Waals surface area contributed by atoms with E-state index in [1.807, 2.05) is 37.3 Å². The van der Waals surface area contributed by atoms with Crippen LogP contribution in [-0.2, 0) is 28.5 Å². The molecule has 2 aliphatic rings. The van der Waals surface area contributed by atoms with Crippen LogP contribution in [0.2, 0.25) is 0 Å². The number of aryl methyl sites for hydroxylation is 1. The SMILES string of the molecule is Cc1ccc(S(=O)(=O)O[C@@H]2CO[C@@H]3COC(c4ccccc4)O[C@H]3[C@@H]2O)cc1. The van der Waals surface area contributed by atoms with Gasteiger partial charge in [0.2, 0.25) is 0 Å². The molecule has 0 bridgehead atoms. The van der Waals surface area contributed by atoms with Crippen molar-refractivity contribution in [2.24, 2.45) is 0 Å². The Kier molecular flexibility index (Phi) is 5.50. The molecule has 2 aromatic carbocycles. The fourth-order valence-corrected chi connectivity index (χ4v) is 4.39. The molecule has 0 saturated carbocycles. The van der Waals surface area contributed by atoms with Gasteiger partial charge < -0.3 is 19.3 Å². The molecule has 150 valence electrons. The first-order chi connectivity index (χ1) is 13.4. The van der Waals surface area contributed by atoms with E-state index in [0.29, 0.717) is 0 Å². The van der Waals surface area contributed by atoms with Crippen LogP contribution in [0.15, 0.2) is 59.5 Å². The van der Waals surface area contributed by atoms with Gasteiger partial charge in [0.15, 0.2) is 6.29 Å². The van der Waals surface area contributed by atoms with Gasteiger partial charge in [-0.25, -0.2) is 0 Å². The summed E-state index contributed by atoms with van der Waals surface area (Å²) in [4.78, 5) is 0.0301. The van der Waals surface area contributed by atoms with Gasteiger partial charge in [0.1, 0.15) is 24.4 Å². The topological polar surface area (TPSA) is 91.3 Å². The fraction of sp³-hybridized carbons (Fsp3) is 0.400. The number of rotatable bonds is 4. The molecule has 28 heavy (non-hydrogen) atoms. The standard InChI is InChI=1S/C20H22O7S/c1-13-7-9-15(10-8-13)28(22,23)27-16-11-24-17-12-25-20(26-19(17)18(16)21)14-5-3-2-4-6-14/h2-10,16-21H,11-12H2,1H3/t16-,17-,18-,19-,20?/m1/s1. The van der Waals surface area contributed by atoms with E-state index >= 15 is 0 Å². The second-order valence-corrected chi connectivity index (χ2v) is 8.51. The van der Waals surface area contributed by atoms with Gasteiger partial charge in [-0.1, -0.05) is 48.0 Å². The van der Waals surface area contributed by atoms with Crippen molar-refractivity contribution in [3.05, 3.63) is 65.7 Å². The van der Waals surface area contributed by atoms with Crippen LogP contribution in [0.4, 0.5) is 0 Å². The summed E-state index contributed by atoms with van der Waals surface area (Å²) < 4.78 is 47.6. The minimum atomic E-state index is -4.04. The average Bonchev–Trinajstić information content (AvgIpc) is 2.71. The lowest BCUT2D eigenvalue weighted by atomic mass is 9.99. The number of aliphatic hydroxyl groups excluding tert-OH is 1. The lowest BCUT2D eigenvalue weighted by Crippen LogP contribution is -2.59. The average molecular weight is 406 g/mol. The molecule has 7 nitrogen and oxygen atoms in total. The second kappa shape index (κ2) is 7.90. The summed E-state index contributed by atoms with van der Waals surface area (Å²) in [5.74, 6) is 0. The Morgan fingerprint density at radius 3 is 2.43 bits per heavy atom. The molecular weight excluding hydrogens is 384 g/mol. The quantitative estimate of drug-likeness (QED) is 0.776. The monoisotopic (exact) mass is 406 g/mol. The highest BCUT2D eigenvalue weighted by Gasteiger charge is 2.47. The molecule has 1 unspecified atom stereocenters. The summed E-state index contributed by atoms with van der Waals surface area (Å²) in [5, 5.41) is 10.7. The van der Waals surface area contributed by atoms with Crippen LogP contribution in [0.25, 0.3) is 0 Å². The van der Waals surface area contributed by atoms with E-state index in [9.17, 15) is 13.5 Å². The van der Waals surface area contributed by atoms with Crippen LogP contribution in [0.1, 0.15) is 17.4 Å². The summed E-state index contributed by atoms with van der Waals surface area (Å²) in [7, 11) is -4.04. The smallest absolute Gasteiger partial charge is 0.297 e. The Hall–Kier alpha value is -1.81. The van der Waals surface area contributed by atoms with Crippen LogP contribution < -0.4 is 0 Å². The van der Waals surface area contributed by atoms with E-state index in [4.69, 9.17) is 18.4 Å². The van der Waals surface area contributed by atoms with Crippen LogP contribution in [-0.4, -0.2) is 51.2 Å². The molecule has 4 rings (SSSR count). The Bertz CT molecular complexity index is 898. The summed E-state index contributed by atoms with van der Waals surface area (Å²) >= 11 is 0. The fourth-order valence-electron chi connectivity index (χ4n) is 3.31. The number of hydrogen-bond acceptors (Lipinski definition) is 7. The molecule has 8 heteroatoms. The second-order valence-electron chi connectivity index (χ2n) is 6.94. The lowest BCUT2D eigenvalue weighted by Gasteiger charge is -2.44. The van der Waals surface area contributed by atoms with Gasteiger partial charge in [0, 0.05) is 5.56 Å². The van der Waals surface area contributed by atoms with Crippen LogP contribution in [0.5, 0.6) is 0 Å². The highest BCUT2D eigenvalue weighted by atomic mass is 32.2. The predicted molar refractivity (Wildman–Crippen MR) is 99.0 cm³/mol. The van der Waals surface area contributed by atoms with E-state index in [1.165, 1.54) is 12.1 Å². The molecule has 2 aromatic rings. The van der Waals surface area contributed by atoms with E-state index < -0.39 is 40.8 Å². The van der Waals surface area contributed by atoms with Crippen molar-refractivity contribution in [3.8, 4) is 0 Å². The molecule has 0 aliphatic carbocycles. The molecule has 2 saturated heterocycles. The highest BCUT2D eigenvalue weighted by molar-refractivity contribution is 7.86. The third-order valence-corrected chi connectivity index (χ3v) is 6.23. The Morgan fingerprint density at radius 1 is 1.00 bits per heavy atom. The molecule has 0 radical (unpaired) electrons. The first-order valence-electron chi connectivity index (χ1n) is 9.06. The highest BCUT2D eigenvalue weighted by Crippen LogP contribution is 2.33. The minimum absolute atomic E-state index is 0.0301. The Labute approximate surface area is 163 Å². The molecule has 2 fully saturated rings. The predicted octanol–water partition coefficient (Wildman–Crippen LogP) is 1.94. The van der Waals surface area contributed by atoms with Crippen molar-refractivity contribution >= 4 is 10.1 Å². The zero-order valence-electron chi connectivity index (χ0n) is 15.3. The van der Waals surface area contributed by atoms with E-state index in [-0.39, 0.29) is 18.1 Å². The maximum absolute atomic E-state index is 12.5. The van der Waals surface area contributed by atoms with Crippen LogP contribution in [0.3, 0.4) is 0 Å². The van der Waals surface area contributed by atoms with Crippen molar-refractivity contribution in [3.63, 3.8) is 0 Å². The molecular formula is C20H22O7S. The third-order valence-electron chi connectivity index (χ3n) is 4.88. The Balaban J connectivity index is 1.48. The Morgan fingerprint density at radius 2 is 1.71 bits per heavy atom. The van der Waals surface area contributed by atoms with Crippen molar-refractivity contribution in [2.45, 2.75) is 42.5 Å². The zero-order valence-corrected chi connectivity index (χ0v) is 16.1. The number of hydrogen-bond donors (Lipinski definition) is 1. The maximum Gasteiger partial charge on any atom is 0.297 e. The van der Waals surface area contributed by atoms with Gasteiger partial charge in [-0.3, -0.25) is 4.18 Å². The minimum Gasteiger partial charge on any atom is -0.387 e. The largest absolute Gasteiger partial charge is 0.387 e. The maximum atomic E-state index is 12.5. The van der Waals surface area contributed by atoms with Gasteiger partial charge in [0.25, 0.3) is 10.1 Å². The first-order valence-corrected chi connectivity index (χ1v) is 10.5. The number of benzene rings is 2. The molecule has 0 spiro atoms. The van der Waals surface area contributed by atoms with Gasteiger partial charge in [-0.2, -0.15) is 8.42 Å². The van der Waals surface area contributed by atoms with Crippen molar-refractivity contribution in [1.29, 1.82) is 0 Å². The number of fused-ring (bicyclic) bond motifs is 1. The summed E-state index contributed by atoms with van der Waals surface area (Å²) in [6.45, 7) is 2.02. The van der Waals surface area contributed by atoms with E-state index in [1.54, 1.807) is 12.1 Å². The van der Waals surface area contributed by atoms with Gasteiger partial charge in [-0.15, -0.1) is 0 Å². The molecule has 0 amide bonds. The molecule has 5 atom stereocenters. The summed E-state index contributed by atoms with van der Waals surface area (Å²) in [6.07, 6.45) is -4.15. The van der Waals surface area contributed by atoms with Crippen LogP contribution in [0, 0.1) is 6.92 Å². The molecule has 2 heterocycles. The summed E-state index contributed by atoms with van der Waals surface area (Å²) in [6, 6.07) is 15.6. The first kappa shape index (κ1) is 19.5. The van der Waals surface area contributed by atoms with Crippen molar-refractivity contribution < 1.29 is 31.9 Å².